The molecule has 0 aromatic carbocycles. The van der Waals surface area contributed by atoms with E-state index in [1.165, 1.54) is 17.9 Å². The zero-order valence-electron chi connectivity index (χ0n) is 10.3. The molecule has 2 aliphatic rings. The number of likely N-dealkylation sites (N-methyl/N-ethyl adjacent to an activating group) is 1. The van der Waals surface area contributed by atoms with E-state index in [0.717, 1.165) is 12.3 Å². The molecule has 0 aliphatic carbocycles. The van der Waals surface area contributed by atoms with Crippen molar-refractivity contribution in [2.45, 2.75) is 45.7 Å². The molecule has 0 radical (unpaired) electrons. The number of thioether (sulfide) groups is 1. The number of carbonyl (C=O) groups excluding carboxylic acids is 1. The Morgan fingerprint density at radius 2 is 2.07 bits per heavy atom. The van der Waals surface area contributed by atoms with Gasteiger partial charge in [-0.3, -0.25) is 9.69 Å². The first-order valence-electron chi connectivity index (χ1n) is 6.00. The molecule has 2 heterocycles. The molecule has 3 unspecified atom stereocenters. The summed E-state index contributed by atoms with van der Waals surface area (Å²) in [6.45, 7) is 5.73. The lowest BCUT2D eigenvalue weighted by atomic mass is 9.98. The number of ketones is 1. The highest BCUT2D eigenvalue weighted by Gasteiger charge is 2.41. The number of hydrogen-bond donors (Lipinski definition) is 0. The Labute approximate surface area is 97.8 Å². The molecule has 0 aromatic heterocycles. The van der Waals surface area contributed by atoms with E-state index in [4.69, 9.17) is 0 Å². The summed E-state index contributed by atoms with van der Waals surface area (Å²) in [5, 5.41) is 0. The molecular formula is C12H23NOS. The Morgan fingerprint density at radius 1 is 1.40 bits per heavy atom. The van der Waals surface area contributed by atoms with Gasteiger partial charge < -0.3 is 0 Å². The predicted octanol–water partition coefficient (Wildman–Crippen LogP) is 2.43. The third-order valence-corrected chi connectivity index (χ3v) is 4.63. The van der Waals surface area contributed by atoms with Crippen LogP contribution < -0.4 is 0 Å². The summed E-state index contributed by atoms with van der Waals surface area (Å²) >= 11 is 2.05. The summed E-state index contributed by atoms with van der Waals surface area (Å²) < 4.78 is 0. The minimum absolute atomic E-state index is 0.216. The second-order valence-electron chi connectivity index (χ2n) is 4.22. The maximum atomic E-state index is 11.4. The molecule has 0 aromatic rings. The third kappa shape index (κ3) is 2.76. The molecular weight excluding hydrogens is 206 g/mol. The summed E-state index contributed by atoms with van der Waals surface area (Å²) in [5.41, 5.74) is 0. The number of likely N-dealkylation sites (tertiary alicyclic amines) is 1. The minimum atomic E-state index is 0.216. The van der Waals surface area contributed by atoms with Gasteiger partial charge in [-0.05, 0) is 44.2 Å². The molecule has 3 atom stereocenters. The Morgan fingerprint density at radius 3 is 2.60 bits per heavy atom. The highest BCUT2D eigenvalue weighted by molar-refractivity contribution is 7.99. The smallest absolute Gasteiger partial charge is 0.146 e. The Balaban J connectivity index is 0.000000531. The maximum absolute atomic E-state index is 11.4. The van der Waals surface area contributed by atoms with Crippen molar-refractivity contribution in [1.82, 2.24) is 4.90 Å². The summed E-state index contributed by atoms with van der Waals surface area (Å²) in [4.78, 5) is 13.7. The largest absolute Gasteiger partial charge is 0.298 e. The number of carbonyl (C=O) groups is 1. The fourth-order valence-electron chi connectivity index (χ4n) is 2.68. The lowest BCUT2D eigenvalue weighted by molar-refractivity contribution is -0.121. The van der Waals surface area contributed by atoms with Crippen LogP contribution in [0.1, 0.15) is 33.6 Å². The molecule has 0 N–H and O–H groups in total. The molecule has 0 bridgehead atoms. The van der Waals surface area contributed by atoms with Crippen LogP contribution in [-0.4, -0.2) is 41.3 Å². The van der Waals surface area contributed by atoms with Crippen LogP contribution in [0.15, 0.2) is 0 Å². The first-order valence-corrected chi connectivity index (χ1v) is 7.15. The van der Waals surface area contributed by atoms with Crippen molar-refractivity contribution in [1.29, 1.82) is 0 Å². The van der Waals surface area contributed by atoms with Gasteiger partial charge in [0.15, 0.2) is 0 Å². The van der Waals surface area contributed by atoms with Gasteiger partial charge in [0, 0.05) is 6.04 Å². The quantitative estimate of drug-likeness (QED) is 0.689. The number of Topliss-reactive ketones (excluding diaryl/α,β-unsaturated/α-hetero) is 1. The lowest BCUT2D eigenvalue weighted by Crippen LogP contribution is -2.39. The Kier molecular flexibility index (Phi) is 5.13. The van der Waals surface area contributed by atoms with Gasteiger partial charge in [0.2, 0.25) is 0 Å². The summed E-state index contributed by atoms with van der Waals surface area (Å²) in [6.07, 6.45) is 2.37. The minimum Gasteiger partial charge on any atom is -0.298 e. The van der Waals surface area contributed by atoms with Gasteiger partial charge in [0.25, 0.3) is 0 Å². The van der Waals surface area contributed by atoms with E-state index in [9.17, 15) is 4.79 Å². The number of nitrogens with zero attached hydrogens (tertiary/aromatic N) is 1. The standard InChI is InChI=1S/C10H17NOS.C2H6/c1-7(12)10-5-8-6-13-4-3-9(8)11(10)2;1-2/h8-10H,3-6H2,1-2H3;1-2H3. The number of fused-ring (bicyclic) bond motifs is 1. The van der Waals surface area contributed by atoms with Crippen LogP contribution in [-0.2, 0) is 4.79 Å². The van der Waals surface area contributed by atoms with E-state index in [2.05, 4.69) is 11.9 Å². The molecule has 15 heavy (non-hydrogen) atoms. The molecule has 2 fully saturated rings. The fraction of sp³-hybridized carbons (Fsp3) is 0.917. The topological polar surface area (TPSA) is 20.3 Å². The molecule has 2 nitrogen and oxygen atoms in total. The summed E-state index contributed by atoms with van der Waals surface area (Å²) in [6, 6.07) is 0.906. The van der Waals surface area contributed by atoms with E-state index < -0.39 is 0 Å². The second kappa shape index (κ2) is 5.90. The molecule has 2 saturated heterocycles. The van der Waals surface area contributed by atoms with Crippen molar-refractivity contribution in [3.8, 4) is 0 Å². The Bertz CT molecular complexity index is 220. The van der Waals surface area contributed by atoms with Crippen LogP contribution in [0.4, 0.5) is 0 Å². The zero-order chi connectivity index (χ0) is 11.4. The van der Waals surface area contributed by atoms with E-state index >= 15 is 0 Å². The van der Waals surface area contributed by atoms with Crippen molar-refractivity contribution >= 4 is 17.5 Å². The van der Waals surface area contributed by atoms with Gasteiger partial charge >= 0.3 is 0 Å². The summed E-state index contributed by atoms with van der Waals surface area (Å²) in [7, 11) is 2.12. The first kappa shape index (κ1) is 13.0. The van der Waals surface area contributed by atoms with Crippen LogP contribution in [0, 0.1) is 5.92 Å². The highest BCUT2D eigenvalue weighted by atomic mass is 32.2. The van der Waals surface area contributed by atoms with Gasteiger partial charge in [-0.1, -0.05) is 13.8 Å². The van der Waals surface area contributed by atoms with Gasteiger partial charge in [-0.15, -0.1) is 0 Å². The average Bonchev–Trinajstić information content (AvgIpc) is 2.60. The average molecular weight is 229 g/mol. The van der Waals surface area contributed by atoms with E-state index in [0.29, 0.717) is 11.8 Å². The molecule has 2 aliphatic heterocycles. The van der Waals surface area contributed by atoms with Crippen LogP contribution >= 0.6 is 11.8 Å². The molecule has 3 heteroatoms. The zero-order valence-corrected chi connectivity index (χ0v) is 11.1. The third-order valence-electron chi connectivity index (χ3n) is 3.44. The van der Waals surface area contributed by atoms with Crippen molar-refractivity contribution in [2.24, 2.45) is 5.92 Å². The molecule has 2 rings (SSSR count). The summed E-state index contributed by atoms with van der Waals surface area (Å²) in [5.74, 6) is 3.66. The highest BCUT2D eigenvalue weighted by Crippen LogP contribution is 2.37. The van der Waals surface area contributed by atoms with Crippen LogP contribution in [0.25, 0.3) is 0 Å². The van der Waals surface area contributed by atoms with Crippen molar-refractivity contribution in [2.75, 3.05) is 18.6 Å². The van der Waals surface area contributed by atoms with Crippen molar-refractivity contribution in [3.05, 3.63) is 0 Å². The second-order valence-corrected chi connectivity index (χ2v) is 5.37. The van der Waals surface area contributed by atoms with Gasteiger partial charge in [-0.2, -0.15) is 11.8 Å². The molecule has 88 valence electrons. The van der Waals surface area contributed by atoms with E-state index in [-0.39, 0.29) is 6.04 Å². The fourth-order valence-corrected chi connectivity index (χ4v) is 3.92. The first-order chi connectivity index (χ1) is 7.20. The number of rotatable bonds is 1. The normalized spacial score (nSPS) is 35.3. The Hall–Kier alpha value is -0.0200. The van der Waals surface area contributed by atoms with Crippen LogP contribution in [0.2, 0.25) is 0 Å². The van der Waals surface area contributed by atoms with E-state index in [1.54, 1.807) is 6.92 Å². The van der Waals surface area contributed by atoms with Crippen molar-refractivity contribution in [3.63, 3.8) is 0 Å². The van der Waals surface area contributed by atoms with Gasteiger partial charge in [-0.25, -0.2) is 0 Å². The number of hydrogen-bond acceptors (Lipinski definition) is 3. The molecule has 0 spiro atoms. The van der Waals surface area contributed by atoms with Gasteiger partial charge in [0.1, 0.15) is 5.78 Å². The SMILES string of the molecule is CC.CC(=O)C1CC2CSCCC2N1C. The monoisotopic (exact) mass is 229 g/mol. The van der Waals surface area contributed by atoms with Crippen molar-refractivity contribution < 1.29 is 4.79 Å². The lowest BCUT2D eigenvalue weighted by Gasteiger charge is -2.29. The molecule has 0 amide bonds. The van der Waals surface area contributed by atoms with Crippen LogP contribution in [0.5, 0.6) is 0 Å². The molecule has 0 saturated carbocycles. The van der Waals surface area contributed by atoms with Crippen LogP contribution in [0.3, 0.4) is 0 Å². The van der Waals surface area contributed by atoms with Gasteiger partial charge in [0.05, 0.1) is 6.04 Å². The van der Waals surface area contributed by atoms with E-state index in [1.807, 2.05) is 25.6 Å². The predicted molar refractivity (Wildman–Crippen MR) is 67.4 cm³/mol. The maximum Gasteiger partial charge on any atom is 0.146 e.